The number of rotatable bonds is 6. The second-order valence-electron chi connectivity index (χ2n) is 4.80. The van der Waals surface area contributed by atoms with Gasteiger partial charge in [0.2, 0.25) is 0 Å². The number of carbonyl (C=O) groups is 1. The smallest absolute Gasteiger partial charge is 0.341 e. The first kappa shape index (κ1) is 16.7. The highest BCUT2D eigenvalue weighted by atomic mass is 16.6. The molecule has 9 heteroatoms. The number of hydrogen-bond acceptors (Lipinski definition) is 7. The van der Waals surface area contributed by atoms with Crippen molar-refractivity contribution in [2.45, 2.75) is 20.0 Å². The zero-order valence-corrected chi connectivity index (χ0v) is 13.1. The molecule has 23 heavy (non-hydrogen) atoms. The number of nitrogens with zero attached hydrogens (tertiary/aromatic N) is 4. The maximum atomic E-state index is 11.8. The normalized spacial score (nSPS) is 12.2. The van der Waals surface area contributed by atoms with E-state index in [2.05, 4.69) is 9.84 Å². The largest absolute Gasteiger partial charge is 0.467 e. The first-order valence-corrected chi connectivity index (χ1v) is 7.12. The number of carbonyl (C=O) groups excluding carboxylic acids is 1. The maximum absolute atomic E-state index is 11.8. The number of aliphatic hydroxyl groups is 1. The van der Waals surface area contributed by atoms with Gasteiger partial charge in [-0.3, -0.25) is 15.1 Å². The van der Waals surface area contributed by atoms with E-state index in [4.69, 9.17) is 0 Å². The van der Waals surface area contributed by atoms with Crippen molar-refractivity contribution >= 4 is 22.6 Å². The minimum absolute atomic E-state index is 0.144. The summed E-state index contributed by atoms with van der Waals surface area (Å²) in [5, 5.41) is 27.7. The van der Waals surface area contributed by atoms with Crippen LogP contribution in [0, 0.1) is 10.1 Å². The van der Waals surface area contributed by atoms with Gasteiger partial charge in [0.05, 0.1) is 17.5 Å². The molecule has 1 aromatic heterocycles. The predicted molar refractivity (Wildman–Crippen MR) is 82.7 cm³/mol. The fourth-order valence-corrected chi connectivity index (χ4v) is 2.38. The van der Waals surface area contributed by atoms with Crippen molar-refractivity contribution in [2.75, 3.05) is 25.2 Å². The van der Waals surface area contributed by atoms with Gasteiger partial charge < -0.3 is 9.84 Å². The molecule has 124 valence electrons. The first-order chi connectivity index (χ1) is 10.9. The van der Waals surface area contributed by atoms with E-state index in [0.29, 0.717) is 24.0 Å². The van der Waals surface area contributed by atoms with E-state index < -0.39 is 17.0 Å². The molecule has 0 saturated heterocycles. The second-order valence-corrected chi connectivity index (χ2v) is 4.80. The zero-order chi connectivity index (χ0) is 17.1. The van der Waals surface area contributed by atoms with Crippen LogP contribution in [0.3, 0.4) is 0 Å². The van der Waals surface area contributed by atoms with Crippen molar-refractivity contribution in [3.63, 3.8) is 0 Å². The van der Waals surface area contributed by atoms with Crippen molar-refractivity contribution in [2.24, 2.45) is 0 Å². The number of aliphatic hydroxyl groups excluding tert-OH is 1. The summed E-state index contributed by atoms with van der Waals surface area (Å²) in [7, 11) is 1.16. The minimum Gasteiger partial charge on any atom is -0.467 e. The Morgan fingerprint density at radius 1 is 1.48 bits per heavy atom. The summed E-state index contributed by atoms with van der Waals surface area (Å²) in [6, 6.07) is 4.11. The molecule has 1 N–H and O–H groups in total. The summed E-state index contributed by atoms with van der Waals surface area (Å²) in [6.45, 7) is 4.94. The van der Waals surface area contributed by atoms with Crippen molar-refractivity contribution in [3.8, 4) is 0 Å². The Bertz CT molecular complexity index is 738. The van der Waals surface area contributed by atoms with Crippen LogP contribution in [0.15, 0.2) is 18.2 Å². The maximum Gasteiger partial charge on any atom is 0.341 e. The van der Waals surface area contributed by atoms with Crippen LogP contribution in [-0.2, 0) is 9.53 Å². The Labute approximate surface area is 132 Å². The van der Waals surface area contributed by atoms with Crippen LogP contribution < -0.4 is 5.01 Å². The van der Waals surface area contributed by atoms with Crippen molar-refractivity contribution in [1.29, 1.82) is 0 Å². The highest BCUT2D eigenvalue weighted by Gasteiger charge is 2.28. The molecule has 0 spiro atoms. The number of ether oxygens (including phenoxy) is 1. The van der Waals surface area contributed by atoms with Gasteiger partial charge in [0, 0.05) is 30.6 Å². The molecule has 0 aliphatic carbocycles. The molecule has 1 atom stereocenters. The molecule has 0 aliphatic rings. The monoisotopic (exact) mass is 322 g/mol. The molecule has 0 fully saturated rings. The van der Waals surface area contributed by atoms with Crippen LogP contribution in [-0.4, -0.2) is 46.1 Å². The van der Waals surface area contributed by atoms with Gasteiger partial charge in [0.25, 0.3) is 5.69 Å². The Hall–Kier alpha value is -2.68. The van der Waals surface area contributed by atoms with E-state index in [1.807, 2.05) is 13.8 Å². The summed E-state index contributed by atoms with van der Waals surface area (Å²) in [5.74, 6) is -0.855. The van der Waals surface area contributed by atoms with Gasteiger partial charge in [-0.2, -0.15) is 9.89 Å². The van der Waals surface area contributed by atoms with Gasteiger partial charge in [-0.1, -0.05) is 0 Å². The lowest BCUT2D eigenvalue weighted by Crippen LogP contribution is -2.37. The quantitative estimate of drug-likeness (QED) is 0.482. The molecule has 0 amide bonds. The zero-order valence-electron chi connectivity index (χ0n) is 13.1. The third-order valence-electron chi connectivity index (χ3n) is 3.57. The molecular weight excluding hydrogens is 304 g/mol. The van der Waals surface area contributed by atoms with Gasteiger partial charge in [0.15, 0.2) is 6.10 Å². The van der Waals surface area contributed by atoms with Crippen molar-refractivity contribution < 1.29 is 19.6 Å². The molecular formula is C14H18N4O5. The standard InChI is InChI=1S/C14H18N4O5/c1-4-16(5-2)17-12(13(19)14(20)23-3)10-8-9(18(21)22)6-7-11(10)15-17/h6-8,13,19H,4-5H2,1-3H3/t13-/m1/s1. The molecule has 0 bridgehead atoms. The Kier molecular flexibility index (Phi) is 4.80. The molecule has 1 heterocycles. The van der Waals surface area contributed by atoms with Crippen LogP contribution >= 0.6 is 0 Å². The Balaban J connectivity index is 2.73. The van der Waals surface area contributed by atoms with Crippen molar-refractivity contribution in [1.82, 2.24) is 9.89 Å². The van der Waals surface area contributed by atoms with E-state index in [9.17, 15) is 20.0 Å². The Morgan fingerprint density at radius 2 is 2.13 bits per heavy atom. The topological polar surface area (TPSA) is 111 Å². The Morgan fingerprint density at radius 3 is 2.65 bits per heavy atom. The summed E-state index contributed by atoms with van der Waals surface area (Å²) in [4.78, 5) is 23.6. The molecule has 0 saturated carbocycles. The fraction of sp³-hybridized carbons (Fsp3) is 0.429. The van der Waals surface area contributed by atoms with Gasteiger partial charge in [-0.05, 0) is 19.9 Å². The van der Waals surface area contributed by atoms with Crippen LogP contribution in [0.25, 0.3) is 10.9 Å². The lowest BCUT2D eigenvalue weighted by atomic mass is 10.1. The van der Waals surface area contributed by atoms with E-state index in [-0.39, 0.29) is 11.4 Å². The highest BCUT2D eigenvalue weighted by molar-refractivity contribution is 5.89. The summed E-state index contributed by atoms with van der Waals surface area (Å²) in [6.07, 6.45) is -1.59. The molecule has 0 aliphatic heterocycles. The number of fused-ring (bicyclic) bond motifs is 1. The van der Waals surface area contributed by atoms with E-state index in [1.54, 1.807) is 5.01 Å². The average molecular weight is 322 g/mol. The highest BCUT2D eigenvalue weighted by Crippen LogP contribution is 2.28. The number of esters is 1. The number of aromatic nitrogens is 2. The van der Waals surface area contributed by atoms with Gasteiger partial charge in [0.1, 0.15) is 5.69 Å². The predicted octanol–water partition coefficient (Wildman–Crippen LogP) is 1.13. The van der Waals surface area contributed by atoms with E-state index >= 15 is 0 Å². The number of nitro groups is 1. The summed E-state index contributed by atoms with van der Waals surface area (Å²) in [5.41, 5.74) is 0.453. The third-order valence-corrected chi connectivity index (χ3v) is 3.57. The molecule has 9 nitrogen and oxygen atoms in total. The molecule has 0 radical (unpaired) electrons. The first-order valence-electron chi connectivity index (χ1n) is 7.12. The van der Waals surface area contributed by atoms with E-state index in [0.717, 1.165) is 7.11 Å². The van der Waals surface area contributed by atoms with Gasteiger partial charge in [-0.15, -0.1) is 0 Å². The summed E-state index contributed by atoms with van der Waals surface area (Å²) < 4.78 is 4.58. The number of methoxy groups -OCH3 is 1. The van der Waals surface area contributed by atoms with Crippen LogP contribution in [0.5, 0.6) is 0 Å². The third kappa shape index (κ3) is 2.95. The molecule has 1 aromatic carbocycles. The minimum atomic E-state index is -1.59. The SMILES string of the molecule is CCN(CC)n1nc2ccc([N+](=O)[O-])cc2c1[C@@H](O)C(=O)OC. The molecule has 0 unspecified atom stereocenters. The average Bonchev–Trinajstić information content (AvgIpc) is 2.92. The lowest BCUT2D eigenvalue weighted by molar-refractivity contribution is -0.384. The summed E-state index contributed by atoms with van der Waals surface area (Å²) >= 11 is 0. The molecule has 2 rings (SSSR count). The van der Waals surface area contributed by atoms with Crippen molar-refractivity contribution in [3.05, 3.63) is 34.0 Å². The number of non-ortho nitro benzene ring substituents is 1. The fourth-order valence-electron chi connectivity index (χ4n) is 2.38. The number of hydrogen-bond donors (Lipinski definition) is 1. The van der Waals surface area contributed by atoms with E-state index in [1.165, 1.54) is 23.0 Å². The van der Waals surface area contributed by atoms with Crippen LogP contribution in [0.1, 0.15) is 25.6 Å². The number of benzene rings is 1. The second kappa shape index (κ2) is 6.61. The van der Waals surface area contributed by atoms with Gasteiger partial charge >= 0.3 is 5.97 Å². The number of nitro benzene ring substituents is 1. The van der Waals surface area contributed by atoms with Crippen LogP contribution in [0.2, 0.25) is 0 Å². The lowest BCUT2D eigenvalue weighted by Gasteiger charge is -2.24. The van der Waals surface area contributed by atoms with Crippen LogP contribution in [0.4, 0.5) is 5.69 Å². The van der Waals surface area contributed by atoms with Gasteiger partial charge in [-0.25, -0.2) is 4.79 Å². The molecule has 2 aromatic rings.